The molecule has 0 fully saturated rings. The van der Waals surface area contributed by atoms with Crippen molar-refractivity contribution in [3.63, 3.8) is 0 Å². The molecule has 5 heteroatoms. The van der Waals surface area contributed by atoms with Crippen LogP contribution in [-0.4, -0.2) is 27.6 Å². The second-order valence-electron chi connectivity index (χ2n) is 4.76. The van der Waals surface area contributed by atoms with E-state index in [2.05, 4.69) is 0 Å². The Bertz CT molecular complexity index is 513. The van der Waals surface area contributed by atoms with Gasteiger partial charge in [-0.05, 0) is 24.0 Å². The summed E-state index contributed by atoms with van der Waals surface area (Å²) in [6, 6.07) is 19.2. The summed E-state index contributed by atoms with van der Waals surface area (Å²) >= 11 is 0. The van der Waals surface area contributed by atoms with E-state index in [-0.39, 0.29) is 18.3 Å². The molecule has 0 aliphatic rings. The van der Waals surface area contributed by atoms with Crippen LogP contribution < -0.4 is 0 Å². The first-order valence-electron chi connectivity index (χ1n) is 7.09. The molecule has 2 rings (SSSR count). The van der Waals surface area contributed by atoms with Crippen LogP contribution in [-0.2, 0) is 22.4 Å². The molecule has 0 saturated carbocycles. The van der Waals surface area contributed by atoms with Crippen molar-refractivity contribution < 1.29 is 25.3 Å². The van der Waals surface area contributed by atoms with Crippen LogP contribution in [0.15, 0.2) is 60.7 Å². The zero-order valence-corrected chi connectivity index (χ0v) is 12.8. The molecular weight excluding hydrogens is 296 g/mol. The van der Waals surface area contributed by atoms with Gasteiger partial charge in [-0.25, -0.2) is 0 Å². The molecule has 0 aliphatic carbocycles. The molecule has 23 heavy (non-hydrogen) atoms. The number of carbonyl (C=O) groups is 2. The monoisotopic (exact) mass is 318 g/mol. The average molecular weight is 318 g/mol. The largest absolute Gasteiger partial charge is 0.481 e. The Balaban J connectivity index is 0.000000403. The van der Waals surface area contributed by atoms with Gasteiger partial charge in [-0.3, -0.25) is 9.59 Å². The quantitative estimate of drug-likeness (QED) is 0.853. The van der Waals surface area contributed by atoms with Gasteiger partial charge in [-0.15, -0.1) is 0 Å². The third-order valence-corrected chi connectivity index (χ3v) is 2.94. The van der Waals surface area contributed by atoms with E-state index in [1.807, 2.05) is 60.7 Å². The number of benzene rings is 2. The van der Waals surface area contributed by atoms with Gasteiger partial charge < -0.3 is 15.7 Å². The lowest BCUT2D eigenvalue weighted by Crippen LogP contribution is -1.96. The van der Waals surface area contributed by atoms with Gasteiger partial charge in [0.25, 0.3) is 0 Å². The molecular formula is C18H22O5. The fourth-order valence-corrected chi connectivity index (χ4v) is 1.79. The molecule has 0 bridgehead atoms. The summed E-state index contributed by atoms with van der Waals surface area (Å²) in [5.74, 6) is -1.48. The van der Waals surface area contributed by atoms with Gasteiger partial charge in [0, 0.05) is 12.8 Å². The Kier molecular flexibility index (Phi) is 10.6. The van der Waals surface area contributed by atoms with Crippen LogP contribution in [0.25, 0.3) is 0 Å². The van der Waals surface area contributed by atoms with Gasteiger partial charge in [0.05, 0.1) is 0 Å². The number of aliphatic carboxylic acids is 2. The fraction of sp³-hybridized carbons (Fsp3) is 0.222. The Morgan fingerprint density at radius 2 is 0.957 bits per heavy atom. The molecule has 0 unspecified atom stereocenters. The van der Waals surface area contributed by atoms with E-state index in [0.29, 0.717) is 12.8 Å². The standard InChI is InChI=1S/2C9H10O2.H2O/c2*10-9(11)7-6-8-4-2-1-3-5-8;/h2*1-5H,6-7H2,(H,10,11);1H2. The minimum atomic E-state index is -0.742. The lowest BCUT2D eigenvalue weighted by molar-refractivity contribution is -0.138. The van der Waals surface area contributed by atoms with E-state index in [4.69, 9.17) is 10.2 Å². The molecule has 0 amide bonds. The molecule has 124 valence electrons. The van der Waals surface area contributed by atoms with Gasteiger partial charge in [0.2, 0.25) is 0 Å². The number of carboxylic acid groups (broad SMARTS) is 2. The van der Waals surface area contributed by atoms with Gasteiger partial charge in [-0.2, -0.15) is 0 Å². The molecule has 0 aromatic heterocycles. The van der Waals surface area contributed by atoms with Crippen LogP contribution in [0.4, 0.5) is 0 Å². The van der Waals surface area contributed by atoms with E-state index in [1.165, 1.54) is 0 Å². The Hall–Kier alpha value is -2.66. The zero-order chi connectivity index (χ0) is 16.2. The van der Waals surface area contributed by atoms with Crippen LogP contribution >= 0.6 is 0 Å². The predicted octanol–water partition coefficient (Wildman–Crippen LogP) is 2.58. The molecule has 0 spiro atoms. The van der Waals surface area contributed by atoms with Gasteiger partial charge in [-0.1, -0.05) is 60.7 Å². The predicted molar refractivity (Wildman–Crippen MR) is 88.4 cm³/mol. The third kappa shape index (κ3) is 10.7. The van der Waals surface area contributed by atoms with Crippen LogP contribution in [0.3, 0.4) is 0 Å². The summed E-state index contributed by atoms with van der Waals surface area (Å²) in [7, 11) is 0. The minimum absolute atomic E-state index is 0. The summed E-state index contributed by atoms with van der Waals surface area (Å²) in [5, 5.41) is 16.7. The van der Waals surface area contributed by atoms with Crippen LogP contribution in [0.1, 0.15) is 24.0 Å². The lowest BCUT2D eigenvalue weighted by Gasteiger charge is -1.95. The van der Waals surface area contributed by atoms with Crippen molar-refractivity contribution in [3.8, 4) is 0 Å². The first-order valence-corrected chi connectivity index (χ1v) is 7.09. The Labute approximate surface area is 135 Å². The molecule has 2 aromatic carbocycles. The van der Waals surface area contributed by atoms with E-state index in [1.54, 1.807) is 0 Å². The average Bonchev–Trinajstić information content (AvgIpc) is 2.53. The van der Waals surface area contributed by atoms with Crippen LogP contribution in [0.2, 0.25) is 0 Å². The van der Waals surface area contributed by atoms with Crippen LogP contribution in [0.5, 0.6) is 0 Å². The normalized spacial score (nSPS) is 9.04. The molecule has 2 aromatic rings. The number of carboxylic acids is 2. The molecule has 0 aliphatic heterocycles. The maximum absolute atomic E-state index is 10.2. The van der Waals surface area contributed by atoms with Crippen molar-refractivity contribution in [2.75, 3.05) is 0 Å². The van der Waals surface area contributed by atoms with E-state index >= 15 is 0 Å². The topological polar surface area (TPSA) is 106 Å². The second-order valence-corrected chi connectivity index (χ2v) is 4.76. The third-order valence-electron chi connectivity index (χ3n) is 2.94. The Morgan fingerprint density at radius 1 is 0.652 bits per heavy atom. The van der Waals surface area contributed by atoms with Gasteiger partial charge in [0.1, 0.15) is 0 Å². The fourth-order valence-electron chi connectivity index (χ4n) is 1.79. The summed E-state index contributed by atoms with van der Waals surface area (Å²) in [5.41, 5.74) is 2.16. The van der Waals surface area contributed by atoms with E-state index in [0.717, 1.165) is 11.1 Å². The van der Waals surface area contributed by atoms with Gasteiger partial charge >= 0.3 is 11.9 Å². The number of hydrogen-bond acceptors (Lipinski definition) is 2. The summed E-state index contributed by atoms with van der Waals surface area (Å²) < 4.78 is 0. The van der Waals surface area contributed by atoms with Crippen LogP contribution in [0, 0.1) is 0 Å². The van der Waals surface area contributed by atoms with Crippen molar-refractivity contribution in [1.29, 1.82) is 0 Å². The number of aryl methyl sites for hydroxylation is 2. The minimum Gasteiger partial charge on any atom is -0.481 e. The molecule has 0 heterocycles. The zero-order valence-electron chi connectivity index (χ0n) is 12.8. The summed E-state index contributed by atoms with van der Waals surface area (Å²) in [4.78, 5) is 20.3. The molecule has 5 nitrogen and oxygen atoms in total. The highest BCUT2D eigenvalue weighted by atomic mass is 16.4. The maximum atomic E-state index is 10.2. The molecule has 4 N–H and O–H groups in total. The van der Waals surface area contributed by atoms with E-state index < -0.39 is 11.9 Å². The van der Waals surface area contributed by atoms with Crippen molar-refractivity contribution in [3.05, 3.63) is 71.8 Å². The second kappa shape index (κ2) is 11.9. The summed E-state index contributed by atoms with van der Waals surface area (Å²) in [6.07, 6.45) is 1.67. The molecule has 0 saturated heterocycles. The molecule has 0 radical (unpaired) electrons. The van der Waals surface area contributed by atoms with Gasteiger partial charge in [0.15, 0.2) is 0 Å². The van der Waals surface area contributed by atoms with E-state index in [9.17, 15) is 9.59 Å². The highest BCUT2D eigenvalue weighted by Crippen LogP contribution is 2.02. The van der Waals surface area contributed by atoms with Crippen molar-refractivity contribution in [1.82, 2.24) is 0 Å². The van der Waals surface area contributed by atoms with Crippen molar-refractivity contribution in [2.24, 2.45) is 0 Å². The number of hydrogen-bond donors (Lipinski definition) is 2. The SMILES string of the molecule is O.O=C(O)CCc1ccccc1.O=C(O)CCc1ccccc1. The lowest BCUT2D eigenvalue weighted by atomic mass is 10.1. The summed E-state index contributed by atoms with van der Waals surface area (Å²) in [6.45, 7) is 0. The van der Waals surface area contributed by atoms with Crippen molar-refractivity contribution in [2.45, 2.75) is 25.7 Å². The first-order chi connectivity index (χ1) is 10.6. The Morgan fingerprint density at radius 3 is 1.22 bits per heavy atom. The molecule has 0 atom stereocenters. The smallest absolute Gasteiger partial charge is 0.303 e. The maximum Gasteiger partial charge on any atom is 0.303 e. The highest BCUT2D eigenvalue weighted by Gasteiger charge is 1.97. The highest BCUT2D eigenvalue weighted by molar-refractivity contribution is 5.67. The first kappa shape index (κ1) is 20.3. The van der Waals surface area contributed by atoms with Crippen molar-refractivity contribution >= 4 is 11.9 Å². The number of rotatable bonds is 6.